The van der Waals surface area contributed by atoms with Crippen LogP contribution in [0.15, 0.2) is 72.8 Å². The Morgan fingerprint density at radius 2 is 1.86 bits per heavy atom. The minimum Gasteiger partial charge on any atom is -0.490 e. The number of carbonyl (C=O) groups is 1. The van der Waals surface area contributed by atoms with Gasteiger partial charge in [0.25, 0.3) is 5.91 Å². The summed E-state index contributed by atoms with van der Waals surface area (Å²) in [7, 11) is 0. The Morgan fingerprint density at radius 3 is 2.69 bits per heavy atom. The lowest BCUT2D eigenvalue weighted by molar-refractivity contribution is 0.103. The Balaban J connectivity index is 1.19. The molecule has 3 aromatic carbocycles. The normalized spacial score (nSPS) is 16.1. The minimum atomic E-state index is -0.0467. The third-order valence-electron chi connectivity index (χ3n) is 7.09. The van der Waals surface area contributed by atoms with E-state index in [4.69, 9.17) is 4.74 Å². The van der Waals surface area contributed by atoms with Crippen LogP contribution in [0, 0.1) is 0 Å². The maximum absolute atomic E-state index is 13.2. The van der Waals surface area contributed by atoms with Gasteiger partial charge in [0.1, 0.15) is 11.9 Å². The van der Waals surface area contributed by atoms with Gasteiger partial charge in [-0.05, 0) is 85.6 Å². The van der Waals surface area contributed by atoms with E-state index in [9.17, 15) is 4.79 Å². The monoisotopic (exact) mass is 497 g/mol. The number of hydrogen-bond acceptors (Lipinski definition) is 5. The molecule has 1 amide bonds. The smallest absolute Gasteiger partial charge is 0.265 e. The number of aryl methyl sites for hydroxylation is 1. The van der Waals surface area contributed by atoms with Crippen molar-refractivity contribution in [2.45, 2.75) is 38.3 Å². The second kappa shape index (κ2) is 10.3. The third-order valence-corrected chi connectivity index (χ3v) is 8.21. The second-order valence-electron chi connectivity index (χ2n) is 9.65. The maximum atomic E-state index is 13.2. The predicted octanol–water partition coefficient (Wildman–Crippen LogP) is 6.24. The van der Waals surface area contributed by atoms with Crippen molar-refractivity contribution in [1.82, 2.24) is 5.32 Å². The first-order valence-corrected chi connectivity index (χ1v) is 13.7. The molecule has 36 heavy (non-hydrogen) atoms. The minimum absolute atomic E-state index is 0.0467. The number of hydrogen-bond donors (Lipinski definition) is 2. The van der Waals surface area contributed by atoms with E-state index in [2.05, 4.69) is 64.1 Å². The number of anilines is 2. The summed E-state index contributed by atoms with van der Waals surface area (Å²) in [5.74, 6) is 0.899. The first kappa shape index (κ1) is 23.1. The Bertz CT molecular complexity index is 1330. The van der Waals surface area contributed by atoms with E-state index in [0.29, 0.717) is 6.10 Å². The molecule has 0 spiro atoms. The van der Waals surface area contributed by atoms with Crippen LogP contribution in [0.3, 0.4) is 0 Å². The average molecular weight is 498 g/mol. The molecule has 2 N–H and O–H groups in total. The van der Waals surface area contributed by atoms with Crippen LogP contribution < -0.4 is 20.3 Å². The molecule has 6 rings (SSSR count). The lowest BCUT2D eigenvalue weighted by atomic mass is 9.99. The number of para-hydroxylation sites is 1. The highest BCUT2D eigenvalue weighted by atomic mass is 32.1. The summed E-state index contributed by atoms with van der Waals surface area (Å²) in [5.41, 5.74) is 4.57. The highest BCUT2D eigenvalue weighted by Gasteiger charge is 2.22. The van der Waals surface area contributed by atoms with E-state index in [0.717, 1.165) is 83.9 Å². The number of benzene rings is 3. The topological polar surface area (TPSA) is 53.6 Å². The van der Waals surface area contributed by atoms with Crippen LogP contribution in [0.4, 0.5) is 11.4 Å². The van der Waals surface area contributed by atoms with Crippen molar-refractivity contribution in [3.05, 3.63) is 88.8 Å². The standard InChI is InChI=1S/C30H31N3O2S/c34-30(28-19-23-5-1-2-9-27(23)36-28)32-26-8-3-6-22-7-4-18-33(29(22)26)20-21-10-12-24(13-11-21)35-25-14-16-31-17-15-25/h1-3,5-6,8-13,19,25,31H,4,7,14-18,20H2,(H,32,34). The SMILES string of the molecule is O=C(Nc1cccc2c1N(Cc1ccc(OC3CCNCC3)cc1)CCC2)c1cc2ccccc2s1. The molecule has 3 heterocycles. The van der Waals surface area contributed by atoms with Crippen LogP contribution in [0.1, 0.15) is 40.1 Å². The van der Waals surface area contributed by atoms with Crippen molar-refractivity contribution in [2.24, 2.45) is 0 Å². The molecule has 1 saturated heterocycles. The van der Waals surface area contributed by atoms with Crippen LogP contribution in [0.2, 0.25) is 0 Å². The van der Waals surface area contributed by atoms with Gasteiger partial charge in [0.05, 0.1) is 16.3 Å². The van der Waals surface area contributed by atoms with Crippen molar-refractivity contribution in [1.29, 1.82) is 0 Å². The fourth-order valence-electron chi connectivity index (χ4n) is 5.27. The highest BCUT2D eigenvalue weighted by molar-refractivity contribution is 7.20. The van der Waals surface area contributed by atoms with E-state index in [1.54, 1.807) is 0 Å². The molecular formula is C30H31N3O2S. The van der Waals surface area contributed by atoms with Crippen LogP contribution in [-0.4, -0.2) is 31.6 Å². The molecule has 0 aliphatic carbocycles. The molecule has 2 aliphatic heterocycles. The molecule has 4 aromatic rings. The number of carbonyl (C=O) groups excluding carboxylic acids is 1. The summed E-state index contributed by atoms with van der Waals surface area (Å²) >= 11 is 1.54. The molecular weight excluding hydrogens is 466 g/mol. The third kappa shape index (κ3) is 4.97. The van der Waals surface area contributed by atoms with Gasteiger partial charge in [-0.1, -0.05) is 42.5 Å². The second-order valence-corrected chi connectivity index (χ2v) is 10.7. The van der Waals surface area contributed by atoms with E-state index in [1.807, 2.05) is 24.3 Å². The van der Waals surface area contributed by atoms with Gasteiger partial charge in [0.2, 0.25) is 0 Å². The number of amides is 1. The summed E-state index contributed by atoms with van der Waals surface area (Å²) in [6.45, 7) is 3.82. The maximum Gasteiger partial charge on any atom is 0.265 e. The molecule has 0 radical (unpaired) electrons. The van der Waals surface area contributed by atoms with Crippen molar-refractivity contribution >= 4 is 38.7 Å². The van der Waals surface area contributed by atoms with Gasteiger partial charge in [-0.2, -0.15) is 0 Å². The Hall–Kier alpha value is -3.35. The van der Waals surface area contributed by atoms with Gasteiger partial charge < -0.3 is 20.3 Å². The quantitative estimate of drug-likeness (QED) is 0.331. The fraction of sp³-hybridized carbons (Fsp3) is 0.300. The van der Waals surface area contributed by atoms with Crippen molar-refractivity contribution in [2.75, 3.05) is 29.9 Å². The Morgan fingerprint density at radius 1 is 1.03 bits per heavy atom. The molecule has 5 nitrogen and oxygen atoms in total. The molecule has 2 aliphatic rings. The van der Waals surface area contributed by atoms with Crippen LogP contribution in [0.5, 0.6) is 5.75 Å². The zero-order chi connectivity index (χ0) is 24.3. The van der Waals surface area contributed by atoms with Gasteiger partial charge in [0, 0.05) is 17.8 Å². The van der Waals surface area contributed by atoms with E-state index in [1.165, 1.54) is 22.5 Å². The number of rotatable bonds is 6. The van der Waals surface area contributed by atoms with Crippen LogP contribution in [0.25, 0.3) is 10.1 Å². The summed E-state index contributed by atoms with van der Waals surface area (Å²) in [5, 5.41) is 7.71. The van der Waals surface area contributed by atoms with Gasteiger partial charge in [-0.25, -0.2) is 0 Å². The Labute approximate surface area is 216 Å². The molecule has 0 unspecified atom stereocenters. The average Bonchev–Trinajstić information content (AvgIpc) is 3.35. The molecule has 184 valence electrons. The largest absolute Gasteiger partial charge is 0.490 e. The molecule has 0 atom stereocenters. The number of thiophene rings is 1. The molecule has 0 bridgehead atoms. The predicted molar refractivity (Wildman–Crippen MR) is 149 cm³/mol. The molecule has 1 aromatic heterocycles. The summed E-state index contributed by atoms with van der Waals surface area (Å²) in [6, 6.07) is 24.9. The number of nitrogens with one attached hydrogen (secondary N) is 2. The van der Waals surface area contributed by atoms with Gasteiger partial charge >= 0.3 is 0 Å². The number of fused-ring (bicyclic) bond motifs is 2. The lowest BCUT2D eigenvalue weighted by Crippen LogP contribution is -2.34. The number of ether oxygens (including phenoxy) is 1. The number of nitrogens with zero attached hydrogens (tertiary/aromatic N) is 1. The Kier molecular flexibility index (Phi) is 6.62. The van der Waals surface area contributed by atoms with Gasteiger partial charge in [0.15, 0.2) is 0 Å². The first-order valence-electron chi connectivity index (χ1n) is 12.9. The summed E-state index contributed by atoms with van der Waals surface area (Å²) < 4.78 is 7.31. The number of piperidine rings is 1. The fourth-order valence-corrected chi connectivity index (χ4v) is 6.23. The highest BCUT2D eigenvalue weighted by Crippen LogP contribution is 2.36. The van der Waals surface area contributed by atoms with Gasteiger partial charge in [-0.3, -0.25) is 4.79 Å². The van der Waals surface area contributed by atoms with E-state index >= 15 is 0 Å². The lowest BCUT2D eigenvalue weighted by Gasteiger charge is -2.33. The molecule has 1 fully saturated rings. The zero-order valence-corrected chi connectivity index (χ0v) is 21.2. The van der Waals surface area contributed by atoms with Gasteiger partial charge in [-0.15, -0.1) is 11.3 Å². The van der Waals surface area contributed by atoms with Crippen molar-refractivity contribution < 1.29 is 9.53 Å². The zero-order valence-electron chi connectivity index (χ0n) is 20.3. The van der Waals surface area contributed by atoms with E-state index in [-0.39, 0.29) is 5.91 Å². The molecule has 6 heteroatoms. The van der Waals surface area contributed by atoms with Crippen molar-refractivity contribution in [3.8, 4) is 5.75 Å². The summed E-state index contributed by atoms with van der Waals surface area (Å²) in [6.07, 6.45) is 4.56. The summed E-state index contributed by atoms with van der Waals surface area (Å²) in [4.78, 5) is 16.3. The van der Waals surface area contributed by atoms with Crippen LogP contribution in [-0.2, 0) is 13.0 Å². The first-order chi connectivity index (χ1) is 17.7. The molecule has 0 saturated carbocycles. The van der Waals surface area contributed by atoms with E-state index < -0.39 is 0 Å². The van der Waals surface area contributed by atoms with Crippen LogP contribution >= 0.6 is 11.3 Å². The van der Waals surface area contributed by atoms with Crippen molar-refractivity contribution in [3.63, 3.8) is 0 Å².